The van der Waals surface area contributed by atoms with Crippen LogP contribution in [0.25, 0.3) is 0 Å². The molecule has 7 heteroatoms. The Morgan fingerprint density at radius 3 is 2.30 bits per heavy atom. The van der Waals surface area contributed by atoms with Crippen molar-refractivity contribution in [3.8, 4) is 11.5 Å². The summed E-state index contributed by atoms with van der Waals surface area (Å²) in [5.74, 6) is 0.673. The molecule has 0 radical (unpaired) electrons. The molecule has 0 unspecified atom stereocenters. The molecular weight excluding hydrogens is 339 g/mol. The Kier molecular flexibility index (Phi) is 5.96. The molecule has 0 atom stereocenters. The molecule has 2 aromatic carbocycles. The lowest BCUT2D eigenvalue weighted by molar-refractivity contribution is -0.114. The minimum atomic E-state index is -0.234. The van der Waals surface area contributed by atoms with Crippen LogP contribution in [-0.2, 0) is 4.79 Å². The predicted molar refractivity (Wildman–Crippen MR) is 93.1 cm³/mol. The van der Waals surface area contributed by atoms with E-state index in [0.29, 0.717) is 27.2 Å². The zero-order valence-electron chi connectivity index (χ0n) is 12.7. The van der Waals surface area contributed by atoms with Crippen LogP contribution in [0.15, 0.2) is 36.4 Å². The predicted octanol–water partition coefficient (Wildman–Crippen LogP) is 4.06. The van der Waals surface area contributed by atoms with E-state index in [4.69, 9.17) is 32.7 Å². The van der Waals surface area contributed by atoms with E-state index in [2.05, 4.69) is 10.6 Å². The molecule has 0 aliphatic rings. The smallest absolute Gasteiger partial charge is 0.243 e. The van der Waals surface area contributed by atoms with Crippen molar-refractivity contribution in [3.05, 3.63) is 46.4 Å². The molecule has 1 amide bonds. The standard InChI is InChI=1S/C16H16Cl2N2O3/c1-22-14-8-13(15(23-2)7-12(14)18)20-16(21)9-19-11-5-3-10(17)4-6-11/h3-8,19H,9H2,1-2H3,(H,20,21). The van der Waals surface area contributed by atoms with Crippen LogP contribution >= 0.6 is 23.2 Å². The summed E-state index contributed by atoms with van der Waals surface area (Å²) in [5.41, 5.74) is 1.28. The maximum Gasteiger partial charge on any atom is 0.243 e. The lowest BCUT2D eigenvalue weighted by atomic mass is 10.2. The van der Waals surface area contributed by atoms with Crippen molar-refractivity contribution in [2.45, 2.75) is 0 Å². The molecular formula is C16H16Cl2N2O3. The molecule has 0 saturated heterocycles. The lowest BCUT2D eigenvalue weighted by Gasteiger charge is -2.13. The fourth-order valence-electron chi connectivity index (χ4n) is 1.90. The van der Waals surface area contributed by atoms with Gasteiger partial charge in [-0.15, -0.1) is 0 Å². The van der Waals surface area contributed by atoms with Crippen LogP contribution in [0.2, 0.25) is 10.0 Å². The summed E-state index contributed by atoms with van der Waals surface area (Å²) >= 11 is 11.8. The largest absolute Gasteiger partial charge is 0.495 e. The van der Waals surface area contributed by atoms with Crippen LogP contribution in [0.1, 0.15) is 0 Å². The summed E-state index contributed by atoms with van der Waals surface area (Å²) in [6.07, 6.45) is 0. The van der Waals surface area contributed by atoms with Gasteiger partial charge in [-0.1, -0.05) is 23.2 Å². The number of benzene rings is 2. The molecule has 23 heavy (non-hydrogen) atoms. The Morgan fingerprint density at radius 2 is 1.70 bits per heavy atom. The molecule has 0 saturated carbocycles. The monoisotopic (exact) mass is 354 g/mol. The SMILES string of the molecule is COc1cc(NC(=O)CNc2ccc(Cl)cc2)c(OC)cc1Cl. The van der Waals surface area contributed by atoms with Gasteiger partial charge >= 0.3 is 0 Å². The summed E-state index contributed by atoms with van der Waals surface area (Å²) in [7, 11) is 3.00. The zero-order chi connectivity index (χ0) is 16.8. The van der Waals surface area contributed by atoms with Gasteiger partial charge in [0.15, 0.2) is 0 Å². The van der Waals surface area contributed by atoms with Crippen molar-refractivity contribution < 1.29 is 14.3 Å². The highest BCUT2D eigenvalue weighted by molar-refractivity contribution is 6.32. The fourth-order valence-corrected chi connectivity index (χ4v) is 2.26. The van der Waals surface area contributed by atoms with Gasteiger partial charge < -0.3 is 20.1 Å². The highest BCUT2D eigenvalue weighted by Gasteiger charge is 2.12. The number of nitrogens with one attached hydrogen (secondary N) is 2. The summed E-state index contributed by atoms with van der Waals surface area (Å²) in [5, 5.41) is 6.80. The van der Waals surface area contributed by atoms with E-state index in [1.165, 1.54) is 14.2 Å². The average molecular weight is 355 g/mol. The van der Waals surface area contributed by atoms with E-state index in [-0.39, 0.29) is 12.5 Å². The van der Waals surface area contributed by atoms with E-state index < -0.39 is 0 Å². The van der Waals surface area contributed by atoms with Crippen LogP contribution in [0.5, 0.6) is 11.5 Å². The number of halogens is 2. The first-order valence-electron chi connectivity index (χ1n) is 6.74. The third-order valence-corrected chi connectivity index (χ3v) is 3.59. The second-order valence-corrected chi connectivity index (χ2v) is 5.44. The van der Waals surface area contributed by atoms with Crippen LogP contribution in [0.3, 0.4) is 0 Å². The van der Waals surface area contributed by atoms with Crippen LogP contribution in [0.4, 0.5) is 11.4 Å². The first-order valence-corrected chi connectivity index (χ1v) is 7.50. The topological polar surface area (TPSA) is 59.6 Å². The number of anilines is 2. The second kappa shape index (κ2) is 7.94. The molecule has 2 N–H and O–H groups in total. The van der Waals surface area contributed by atoms with Gasteiger partial charge in [-0.05, 0) is 24.3 Å². The minimum Gasteiger partial charge on any atom is -0.495 e. The maximum absolute atomic E-state index is 12.1. The normalized spacial score (nSPS) is 10.1. The molecule has 0 aliphatic heterocycles. The Morgan fingerprint density at radius 1 is 1.04 bits per heavy atom. The number of methoxy groups -OCH3 is 2. The molecule has 0 heterocycles. The number of carbonyl (C=O) groups excluding carboxylic acids is 1. The van der Waals surface area contributed by atoms with E-state index >= 15 is 0 Å². The van der Waals surface area contributed by atoms with Gasteiger partial charge in [0.05, 0.1) is 31.5 Å². The number of rotatable bonds is 6. The molecule has 0 aromatic heterocycles. The molecule has 0 spiro atoms. The van der Waals surface area contributed by atoms with Gasteiger partial charge in [-0.25, -0.2) is 0 Å². The first kappa shape index (κ1) is 17.2. The van der Waals surface area contributed by atoms with Gasteiger partial charge in [-0.3, -0.25) is 4.79 Å². The maximum atomic E-state index is 12.1. The van der Waals surface area contributed by atoms with E-state index in [0.717, 1.165) is 5.69 Å². The Labute approximate surface area is 144 Å². The average Bonchev–Trinajstić information content (AvgIpc) is 2.55. The molecule has 0 aliphatic carbocycles. The van der Waals surface area contributed by atoms with Gasteiger partial charge in [0.1, 0.15) is 11.5 Å². The Balaban J connectivity index is 2.03. The summed E-state index contributed by atoms with van der Waals surface area (Å²) in [6.45, 7) is 0.0930. The van der Waals surface area contributed by atoms with Crippen molar-refractivity contribution in [2.24, 2.45) is 0 Å². The van der Waals surface area contributed by atoms with E-state index in [1.807, 2.05) is 0 Å². The van der Waals surface area contributed by atoms with Crippen LogP contribution in [0, 0.1) is 0 Å². The number of amides is 1. The number of hydrogen-bond acceptors (Lipinski definition) is 4. The van der Waals surface area contributed by atoms with Crippen molar-refractivity contribution in [2.75, 3.05) is 31.4 Å². The number of hydrogen-bond donors (Lipinski definition) is 2. The minimum absolute atomic E-state index is 0.0930. The summed E-state index contributed by atoms with van der Waals surface area (Å²) < 4.78 is 10.4. The Bertz CT molecular complexity index is 690. The zero-order valence-corrected chi connectivity index (χ0v) is 14.2. The Hall–Kier alpha value is -2.11. The molecule has 0 bridgehead atoms. The van der Waals surface area contributed by atoms with Crippen molar-refractivity contribution >= 4 is 40.5 Å². The third-order valence-electron chi connectivity index (χ3n) is 3.05. The molecule has 122 valence electrons. The number of carbonyl (C=O) groups is 1. The highest BCUT2D eigenvalue weighted by Crippen LogP contribution is 2.35. The quantitative estimate of drug-likeness (QED) is 0.820. The van der Waals surface area contributed by atoms with Crippen molar-refractivity contribution in [1.82, 2.24) is 0 Å². The van der Waals surface area contributed by atoms with Crippen LogP contribution in [-0.4, -0.2) is 26.7 Å². The molecule has 2 aromatic rings. The summed E-state index contributed by atoms with van der Waals surface area (Å²) in [4.78, 5) is 12.1. The van der Waals surface area contributed by atoms with Gasteiger partial charge in [0.2, 0.25) is 5.91 Å². The number of ether oxygens (including phenoxy) is 2. The summed E-state index contributed by atoms with van der Waals surface area (Å²) in [6, 6.07) is 10.3. The third kappa shape index (κ3) is 4.68. The molecule has 2 rings (SSSR count). The van der Waals surface area contributed by atoms with Crippen molar-refractivity contribution in [3.63, 3.8) is 0 Å². The molecule has 5 nitrogen and oxygen atoms in total. The first-order chi connectivity index (χ1) is 11.0. The second-order valence-electron chi connectivity index (χ2n) is 4.60. The lowest BCUT2D eigenvalue weighted by Crippen LogP contribution is -2.22. The highest BCUT2D eigenvalue weighted by atomic mass is 35.5. The van der Waals surface area contributed by atoms with Crippen LogP contribution < -0.4 is 20.1 Å². The van der Waals surface area contributed by atoms with E-state index in [1.54, 1.807) is 36.4 Å². The van der Waals surface area contributed by atoms with Gasteiger partial charge in [0, 0.05) is 22.8 Å². The molecule has 0 fully saturated rings. The van der Waals surface area contributed by atoms with E-state index in [9.17, 15) is 4.79 Å². The fraction of sp³-hybridized carbons (Fsp3) is 0.188. The van der Waals surface area contributed by atoms with Gasteiger partial charge in [-0.2, -0.15) is 0 Å². The van der Waals surface area contributed by atoms with Crippen molar-refractivity contribution in [1.29, 1.82) is 0 Å². The van der Waals surface area contributed by atoms with Gasteiger partial charge in [0.25, 0.3) is 0 Å².